The van der Waals surface area contributed by atoms with Crippen LogP contribution in [0.2, 0.25) is 0 Å². The van der Waals surface area contributed by atoms with Crippen molar-refractivity contribution in [2.75, 3.05) is 18.0 Å². The van der Waals surface area contributed by atoms with Crippen LogP contribution in [0.25, 0.3) is 0 Å². The summed E-state index contributed by atoms with van der Waals surface area (Å²) in [5.41, 5.74) is 9.75. The van der Waals surface area contributed by atoms with Gasteiger partial charge in [0, 0.05) is 25.3 Å². The highest BCUT2D eigenvalue weighted by Gasteiger charge is 2.13. The lowest BCUT2D eigenvalue weighted by Gasteiger charge is -2.30. The summed E-state index contributed by atoms with van der Waals surface area (Å²) in [4.78, 5) is 2.48. The first-order valence-corrected chi connectivity index (χ1v) is 6.98. The van der Waals surface area contributed by atoms with Crippen LogP contribution < -0.4 is 10.6 Å². The van der Waals surface area contributed by atoms with Crippen molar-refractivity contribution in [2.24, 2.45) is 17.6 Å². The summed E-state index contributed by atoms with van der Waals surface area (Å²) in [5, 5.41) is 0. The quantitative estimate of drug-likeness (QED) is 0.834. The summed E-state index contributed by atoms with van der Waals surface area (Å²) >= 11 is 0. The van der Waals surface area contributed by atoms with Gasteiger partial charge in [0.05, 0.1) is 0 Å². The number of aryl methyl sites for hydroxylation is 1. The summed E-state index contributed by atoms with van der Waals surface area (Å²) in [7, 11) is 0. The molecule has 0 saturated carbocycles. The Morgan fingerprint density at radius 1 is 1.06 bits per heavy atom. The van der Waals surface area contributed by atoms with E-state index in [1.807, 2.05) is 0 Å². The molecule has 0 aliphatic rings. The zero-order chi connectivity index (χ0) is 13.7. The molecule has 2 nitrogen and oxygen atoms in total. The Hall–Kier alpha value is -1.02. The van der Waals surface area contributed by atoms with Gasteiger partial charge in [-0.3, -0.25) is 0 Å². The Balaban J connectivity index is 3.03. The molecule has 1 aromatic rings. The Labute approximate surface area is 112 Å². The number of nitrogens with two attached hydrogens (primary N) is 1. The van der Waals surface area contributed by atoms with E-state index in [-0.39, 0.29) is 0 Å². The third-order valence-electron chi connectivity index (χ3n) is 2.97. The summed E-state index contributed by atoms with van der Waals surface area (Å²) in [6.07, 6.45) is 0. The maximum atomic E-state index is 5.89. The van der Waals surface area contributed by atoms with Gasteiger partial charge in [0.15, 0.2) is 0 Å². The lowest BCUT2D eigenvalue weighted by molar-refractivity contribution is 0.551. The monoisotopic (exact) mass is 248 g/mol. The fraction of sp³-hybridized carbons (Fsp3) is 0.625. The predicted octanol–water partition coefficient (Wildman–Crippen LogP) is 3.57. The normalized spacial score (nSPS) is 11.3. The van der Waals surface area contributed by atoms with Crippen LogP contribution >= 0.6 is 0 Å². The molecule has 0 saturated heterocycles. The van der Waals surface area contributed by atoms with Gasteiger partial charge in [-0.2, -0.15) is 0 Å². The lowest BCUT2D eigenvalue weighted by atomic mass is 10.1. The minimum absolute atomic E-state index is 0.615. The Kier molecular flexibility index (Phi) is 5.67. The van der Waals surface area contributed by atoms with Gasteiger partial charge in [-0.1, -0.05) is 45.4 Å². The smallest absolute Gasteiger partial charge is 0.0412 e. The van der Waals surface area contributed by atoms with E-state index in [1.54, 1.807) is 0 Å². The molecule has 1 rings (SSSR count). The minimum atomic E-state index is 0.615. The van der Waals surface area contributed by atoms with Crippen LogP contribution in [0, 0.1) is 18.8 Å². The van der Waals surface area contributed by atoms with Gasteiger partial charge in [0.25, 0.3) is 0 Å². The molecule has 0 heterocycles. The molecule has 0 radical (unpaired) electrons. The van der Waals surface area contributed by atoms with Gasteiger partial charge >= 0.3 is 0 Å². The van der Waals surface area contributed by atoms with Gasteiger partial charge in [0.2, 0.25) is 0 Å². The van der Waals surface area contributed by atoms with Crippen molar-refractivity contribution >= 4 is 5.69 Å². The number of rotatable bonds is 6. The SMILES string of the molecule is Cc1ccc(N(CC(C)C)CC(C)C)c(CN)c1. The highest BCUT2D eigenvalue weighted by Crippen LogP contribution is 2.23. The highest BCUT2D eigenvalue weighted by molar-refractivity contribution is 5.55. The second kappa shape index (κ2) is 6.79. The first kappa shape index (κ1) is 15.0. The molecule has 0 spiro atoms. The first-order valence-electron chi connectivity index (χ1n) is 6.98. The Bertz CT molecular complexity index is 359. The van der Waals surface area contributed by atoms with E-state index in [1.165, 1.54) is 16.8 Å². The van der Waals surface area contributed by atoms with Gasteiger partial charge < -0.3 is 10.6 Å². The molecule has 0 aliphatic carbocycles. The van der Waals surface area contributed by atoms with Crippen LogP contribution in [0.4, 0.5) is 5.69 Å². The highest BCUT2D eigenvalue weighted by atomic mass is 15.1. The molecule has 0 fully saturated rings. The minimum Gasteiger partial charge on any atom is -0.371 e. The lowest BCUT2D eigenvalue weighted by Crippen LogP contribution is -2.32. The van der Waals surface area contributed by atoms with E-state index in [2.05, 4.69) is 57.7 Å². The van der Waals surface area contributed by atoms with Gasteiger partial charge in [-0.25, -0.2) is 0 Å². The molecular weight excluding hydrogens is 220 g/mol. The van der Waals surface area contributed by atoms with E-state index >= 15 is 0 Å². The largest absolute Gasteiger partial charge is 0.371 e. The molecular formula is C16H28N2. The van der Waals surface area contributed by atoms with Crippen molar-refractivity contribution in [3.63, 3.8) is 0 Å². The zero-order valence-electron chi connectivity index (χ0n) is 12.5. The standard InChI is InChI=1S/C16H28N2/c1-12(2)10-18(11-13(3)4)16-7-6-14(5)8-15(16)9-17/h6-8,12-13H,9-11,17H2,1-5H3. The molecule has 2 N–H and O–H groups in total. The van der Waals surface area contributed by atoms with Crippen LogP contribution in [0.1, 0.15) is 38.8 Å². The van der Waals surface area contributed by atoms with Crippen LogP contribution in [-0.4, -0.2) is 13.1 Å². The van der Waals surface area contributed by atoms with Crippen molar-refractivity contribution in [2.45, 2.75) is 41.2 Å². The van der Waals surface area contributed by atoms with E-state index < -0.39 is 0 Å². The van der Waals surface area contributed by atoms with E-state index in [4.69, 9.17) is 5.73 Å². The fourth-order valence-corrected chi connectivity index (χ4v) is 2.34. The number of benzene rings is 1. The predicted molar refractivity (Wildman–Crippen MR) is 81.0 cm³/mol. The van der Waals surface area contributed by atoms with Crippen LogP contribution in [0.3, 0.4) is 0 Å². The molecule has 0 aromatic heterocycles. The maximum absolute atomic E-state index is 5.89. The molecule has 0 atom stereocenters. The molecule has 0 amide bonds. The topological polar surface area (TPSA) is 29.3 Å². The first-order chi connectivity index (χ1) is 8.43. The van der Waals surface area contributed by atoms with Crippen LogP contribution in [-0.2, 0) is 6.54 Å². The Morgan fingerprint density at radius 2 is 1.61 bits per heavy atom. The van der Waals surface area contributed by atoms with Crippen molar-refractivity contribution < 1.29 is 0 Å². The van der Waals surface area contributed by atoms with Crippen molar-refractivity contribution in [3.8, 4) is 0 Å². The molecule has 18 heavy (non-hydrogen) atoms. The third kappa shape index (κ3) is 4.34. The summed E-state index contributed by atoms with van der Waals surface area (Å²) in [6.45, 7) is 14.0. The molecule has 102 valence electrons. The summed E-state index contributed by atoms with van der Waals surface area (Å²) < 4.78 is 0. The third-order valence-corrected chi connectivity index (χ3v) is 2.97. The number of hydrogen-bond donors (Lipinski definition) is 1. The van der Waals surface area contributed by atoms with Gasteiger partial charge in [-0.05, 0) is 30.4 Å². The fourth-order valence-electron chi connectivity index (χ4n) is 2.34. The van der Waals surface area contributed by atoms with Gasteiger partial charge in [-0.15, -0.1) is 0 Å². The van der Waals surface area contributed by atoms with Crippen LogP contribution in [0.15, 0.2) is 18.2 Å². The van der Waals surface area contributed by atoms with Gasteiger partial charge in [0.1, 0.15) is 0 Å². The molecule has 0 bridgehead atoms. The maximum Gasteiger partial charge on any atom is 0.0412 e. The average molecular weight is 248 g/mol. The molecule has 2 heteroatoms. The molecule has 1 aromatic carbocycles. The number of anilines is 1. The summed E-state index contributed by atoms with van der Waals surface area (Å²) in [6, 6.07) is 6.62. The number of hydrogen-bond acceptors (Lipinski definition) is 2. The summed E-state index contributed by atoms with van der Waals surface area (Å²) in [5.74, 6) is 1.33. The second-order valence-electron chi connectivity index (χ2n) is 6.03. The van der Waals surface area contributed by atoms with Crippen molar-refractivity contribution in [1.29, 1.82) is 0 Å². The second-order valence-corrected chi connectivity index (χ2v) is 6.03. The van der Waals surface area contributed by atoms with E-state index in [0.29, 0.717) is 18.4 Å². The van der Waals surface area contributed by atoms with Crippen LogP contribution in [0.5, 0.6) is 0 Å². The van der Waals surface area contributed by atoms with Crippen molar-refractivity contribution in [3.05, 3.63) is 29.3 Å². The Morgan fingerprint density at radius 3 is 2.06 bits per heavy atom. The number of nitrogens with zero attached hydrogens (tertiary/aromatic N) is 1. The zero-order valence-corrected chi connectivity index (χ0v) is 12.5. The van der Waals surface area contributed by atoms with E-state index in [9.17, 15) is 0 Å². The van der Waals surface area contributed by atoms with E-state index in [0.717, 1.165) is 13.1 Å². The van der Waals surface area contributed by atoms with Crippen molar-refractivity contribution in [1.82, 2.24) is 0 Å². The molecule has 0 unspecified atom stereocenters. The average Bonchev–Trinajstić information content (AvgIpc) is 2.26. The molecule has 0 aliphatic heterocycles.